The van der Waals surface area contributed by atoms with Gasteiger partial charge >= 0.3 is 0 Å². The number of rotatable bonds is 8. The number of likely N-dealkylation sites (N-methyl/N-ethyl adjacent to an activating group) is 1. The van der Waals surface area contributed by atoms with E-state index in [1.54, 1.807) is 12.1 Å². The minimum Gasteiger partial charge on any atom is -0.457 e. The number of hydrogen-bond acceptors (Lipinski definition) is 7. The summed E-state index contributed by atoms with van der Waals surface area (Å²) in [5.74, 6) is 1.03. The number of aliphatic hydroxyl groups excluding tert-OH is 1. The molecule has 2 N–H and O–H groups in total. The van der Waals surface area contributed by atoms with Crippen molar-refractivity contribution in [3.8, 4) is 11.5 Å². The van der Waals surface area contributed by atoms with E-state index in [0.717, 1.165) is 43.9 Å². The Labute approximate surface area is 236 Å². The number of piperazine rings is 1. The Morgan fingerprint density at radius 2 is 1.80 bits per heavy atom. The topological polar surface area (TPSA) is 108 Å². The predicted molar refractivity (Wildman–Crippen MR) is 153 cm³/mol. The van der Waals surface area contributed by atoms with Crippen molar-refractivity contribution in [2.75, 3.05) is 52.9 Å². The van der Waals surface area contributed by atoms with Crippen LogP contribution >= 0.6 is 0 Å². The molecule has 9 nitrogen and oxygen atoms in total. The van der Waals surface area contributed by atoms with Gasteiger partial charge in [0.15, 0.2) is 0 Å². The van der Waals surface area contributed by atoms with Gasteiger partial charge in [0.05, 0.1) is 11.5 Å². The fourth-order valence-corrected chi connectivity index (χ4v) is 5.84. The minimum absolute atomic E-state index is 0.0134. The molecule has 0 aromatic heterocycles. The fraction of sp³-hybridized carbons (Fsp3) is 0.379. The van der Waals surface area contributed by atoms with Gasteiger partial charge < -0.3 is 14.7 Å². The zero-order valence-corrected chi connectivity index (χ0v) is 23.3. The molecule has 0 aliphatic carbocycles. The number of aliphatic hydroxyl groups is 1. The first-order chi connectivity index (χ1) is 19.4. The number of para-hydroxylation sites is 2. The molecule has 0 amide bonds. The van der Waals surface area contributed by atoms with Gasteiger partial charge in [-0.2, -0.15) is 0 Å². The van der Waals surface area contributed by atoms with Crippen LogP contribution < -0.4 is 9.46 Å². The van der Waals surface area contributed by atoms with E-state index in [1.807, 2.05) is 24.3 Å². The van der Waals surface area contributed by atoms with Gasteiger partial charge in [-0.15, -0.1) is 0 Å². The van der Waals surface area contributed by atoms with E-state index in [9.17, 15) is 18.7 Å². The Hall–Kier alpha value is -3.22. The van der Waals surface area contributed by atoms with Gasteiger partial charge in [0.1, 0.15) is 33.2 Å². The number of nitro benzene ring substituents is 1. The summed E-state index contributed by atoms with van der Waals surface area (Å²) >= 11 is 0. The third-order valence-corrected chi connectivity index (χ3v) is 8.28. The molecule has 2 aliphatic heterocycles. The second-order valence-corrected chi connectivity index (χ2v) is 11.1. The molecule has 0 spiro atoms. The molecular formula is C29H35FN4O5S. The van der Waals surface area contributed by atoms with E-state index in [2.05, 4.69) is 21.6 Å². The van der Waals surface area contributed by atoms with E-state index in [0.29, 0.717) is 37.5 Å². The summed E-state index contributed by atoms with van der Waals surface area (Å²) in [5.41, 5.74) is 1.59. The predicted octanol–water partition coefficient (Wildman–Crippen LogP) is 4.09. The molecule has 0 saturated carbocycles. The van der Waals surface area contributed by atoms with Crippen LogP contribution in [0.5, 0.6) is 11.5 Å². The van der Waals surface area contributed by atoms with Gasteiger partial charge in [0, 0.05) is 45.3 Å². The largest absolute Gasteiger partial charge is 0.457 e. The third-order valence-electron chi connectivity index (χ3n) is 7.07. The second-order valence-electron chi connectivity index (χ2n) is 9.84. The maximum Gasteiger partial charge on any atom is 0.286 e. The number of β-amino-alcohol motifs (C(OH)–C–C–N with tert-alkyl or cyclic N) is 1. The Bertz CT molecular complexity index is 1320. The Morgan fingerprint density at radius 3 is 2.55 bits per heavy atom. The van der Waals surface area contributed by atoms with Gasteiger partial charge in [-0.25, -0.2) is 13.3 Å². The number of ether oxygens (including phenoxy) is 1. The maximum absolute atomic E-state index is 13.8. The number of fused-ring (bicyclic) bond motifs is 2. The van der Waals surface area contributed by atoms with Crippen LogP contribution in [0.4, 0.5) is 10.1 Å². The highest BCUT2D eigenvalue weighted by Gasteiger charge is 2.24. The normalized spacial score (nSPS) is 17.8. The first-order valence-electron chi connectivity index (χ1n) is 13.3. The quantitative estimate of drug-likeness (QED) is 0.310. The van der Waals surface area contributed by atoms with Crippen molar-refractivity contribution in [1.82, 2.24) is 14.5 Å². The van der Waals surface area contributed by atoms with Gasteiger partial charge in [-0.3, -0.25) is 15.0 Å². The SMILES string of the molecule is CN1CCN(CCO)CC1.O=[N+]([O-])c1ccccc1S(=O)NCCC1Cc2cc(F)ccc2Oc2ccccc21. The highest BCUT2D eigenvalue weighted by molar-refractivity contribution is 7.83. The minimum atomic E-state index is -1.71. The van der Waals surface area contributed by atoms with Crippen LogP contribution in [0.15, 0.2) is 71.6 Å². The summed E-state index contributed by atoms with van der Waals surface area (Å²) in [5, 5.41) is 19.8. The summed E-state index contributed by atoms with van der Waals surface area (Å²) in [7, 11) is 0.421. The number of nitrogens with zero attached hydrogens (tertiary/aromatic N) is 3. The van der Waals surface area contributed by atoms with Gasteiger partial charge in [0.2, 0.25) is 0 Å². The van der Waals surface area contributed by atoms with Crippen LogP contribution in [0, 0.1) is 15.9 Å². The van der Waals surface area contributed by atoms with Crippen molar-refractivity contribution < 1.29 is 23.4 Å². The third kappa shape index (κ3) is 7.92. The van der Waals surface area contributed by atoms with Gasteiger partial charge in [-0.1, -0.05) is 30.3 Å². The van der Waals surface area contributed by atoms with E-state index in [1.165, 1.54) is 30.3 Å². The number of hydrogen-bond donors (Lipinski definition) is 2. The van der Waals surface area contributed by atoms with Crippen molar-refractivity contribution in [3.63, 3.8) is 0 Å². The second kappa shape index (κ2) is 14.4. The molecule has 1 saturated heterocycles. The zero-order chi connectivity index (χ0) is 28.5. The molecule has 3 aromatic rings. The van der Waals surface area contributed by atoms with Gasteiger partial charge in [-0.05, 0) is 67.3 Å². The summed E-state index contributed by atoms with van der Waals surface area (Å²) in [6.07, 6.45) is 1.17. The van der Waals surface area contributed by atoms with E-state index >= 15 is 0 Å². The summed E-state index contributed by atoms with van der Waals surface area (Å²) in [6, 6.07) is 18.1. The van der Waals surface area contributed by atoms with Crippen molar-refractivity contribution >= 4 is 16.7 Å². The Kier molecular flexibility index (Phi) is 10.7. The maximum atomic E-state index is 13.8. The zero-order valence-electron chi connectivity index (χ0n) is 22.5. The van der Waals surface area contributed by atoms with E-state index in [4.69, 9.17) is 9.84 Å². The van der Waals surface area contributed by atoms with Gasteiger partial charge in [0.25, 0.3) is 5.69 Å². The Balaban J connectivity index is 0.000000312. The fourth-order valence-electron chi connectivity index (χ4n) is 4.85. The lowest BCUT2D eigenvalue weighted by Crippen LogP contribution is -2.45. The van der Waals surface area contributed by atoms with Crippen molar-refractivity contribution in [2.45, 2.75) is 23.7 Å². The molecule has 2 aliphatic rings. The molecule has 2 heterocycles. The van der Waals surface area contributed by atoms with Crippen LogP contribution in [-0.4, -0.2) is 77.0 Å². The average Bonchev–Trinajstić information content (AvgIpc) is 3.11. The molecule has 40 heavy (non-hydrogen) atoms. The van der Waals surface area contributed by atoms with Crippen LogP contribution in [0.25, 0.3) is 0 Å². The first-order valence-corrected chi connectivity index (χ1v) is 14.5. The standard InChI is InChI=1S/C22H19FN2O4S.C7H16N2O/c23-17-9-10-20-16(14-17)13-15(18-5-1-3-7-21(18)29-20)11-12-24-30(28)22-8-4-2-6-19(22)25(26)27;1-8-2-4-9(5-3-8)6-7-10/h1-10,14-15,24H,11-13H2;10H,2-7H2,1H3. The lowest BCUT2D eigenvalue weighted by atomic mass is 9.89. The number of nitro groups is 1. The Morgan fingerprint density at radius 1 is 1.07 bits per heavy atom. The summed E-state index contributed by atoms with van der Waals surface area (Å²) < 4.78 is 35.2. The van der Waals surface area contributed by atoms with Crippen molar-refractivity contribution in [1.29, 1.82) is 0 Å². The van der Waals surface area contributed by atoms with Crippen LogP contribution in [0.2, 0.25) is 0 Å². The molecule has 0 radical (unpaired) electrons. The lowest BCUT2D eigenvalue weighted by molar-refractivity contribution is -0.387. The molecule has 5 rings (SSSR count). The van der Waals surface area contributed by atoms with Crippen LogP contribution in [0.1, 0.15) is 23.5 Å². The molecule has 214 valence electrons. The van der Waals surface area contributed by atoms with Crippen molar-refractivity contribution in [2.24, 2.45) is 0 Å². The summed E-state index contributed by atoms with van der Waals surface area (Å²) in [6.45, 7) is 5.99. The molecule has 2 atom stereocenters. The molecule has 0 bridgehead atoms. The molecule has 1 fully saturated rings. The monoisotopic (exact) mass is 570 g/mol. The van der Waals surface area contributed by atoms with E-state index < -0.39 is 15.9 Å². The highest BCUT2D eigenvalue weighted by atomic mass is 32.2. The molecule has 3 aromatic carbocycles. The van der Waals surface area contributed by atoms with Crippen molar-refractivity contribution in [3.05, 3.63) is 93.8 Å². The number of nitrogens with one attached hydrogen (secondary N) is 1. The number of halogens is 1. The van der Waals surface area contributed by atoms with Crippen LogP contribution in [-0.2, 0) is 17.4 Å². The smallest absolute Gasteiger partial charge is 0.286 e. The van der Waals surface area contributed by atoms with Crippen LogP contribution in [0.3, 0.4) is 0 Å². The summed E-state index contributed by atoms with van der Waals surface area (Å²) in [4.78, 5) is 15.4. The molecular weight excluding hydrogens is 535 g/mol. The lowest BCUT2D eigenvalue weighted by Gasteiger charge is -2.31. The van der Waals surface area contributed by atoms with E-state index in [-0.39, 0.29) is 22.3 Å². The molecule has 11 heteroatoms. The average molecular weight is 571 g/mol. The highest BCUT2D eigenvalue weighted by Crippen LogP contribution is 2.40. The number of benzene rings is 3. The first kappa shape index (κ1) is 29.8. The molecule has 2 unspecified atom stereocenters.